The summed E-state index contributed by atoms with van der Waals surface area (Å²) in [5.41, 5.74) is 1.31. The fourth-order valence-electron chi connectivity index (χ4n) is 3.16. The van der Waals surface area contributed by atoms with Gasteiger partial charge in [0.25, 0.3) is 0 Å². The average Bonchev–Trinajstić information content (AvgIpc) is 2.93. The van der Waals surface area contributed by atoms with E-state index in [9.17, 15) is 9.59 Å². The first-order valence-corrected chi connectivity index (χ1v) is 8.36. The lowest BCUT2D eigenvalue weighted by molar-refractivity contribution is -0.141. The lowest BCUT2D eigenvalue weighted by Crippen LogP contribution is -2.48. The molecule has 0 radical (unpaired) electrons. The van der Waals surface area contributed by atoms with Gasteiger partial charge in [-0.3, -0.25) is 4.79 Å². The normalized spacial score (nSPS) is 27.3. The summed E-state index contributed by atoms with van der Waals surface area (Å²) < 4.78 is 1.07. The molecule has 0 spiro atoms. The van der Waals surface area contributed by atoms with Gasteiger partial charge in [0.2, 0.25) is 0 Å². The van der Waals surface area contributed by atoms with Crippen molar-refractivity contribution in [3.63, 3.8) is 0 Å². The molecule has 3 rings (SSSR count). The number of nitrogens with one attached hydrogen (secondary N) is 1. The summed E-state index contributed by atoms with van der Waals surface area (Å²) >= 11 is 3.43. The number of aliphatic carboxylic acids is 1. The quantitative estimate of drug-likeness (QED) is 0.863. The zero-order valence-corrected chi connectivity index (χ0v) is 13.8. The van der Waals surface area contributed by atoms with Crippen molar-refractivity contribution in [3.05, 3.63) is 34.3 Å². The number of amides is 2. The van der Waals surface area contributed by atoms with E-state index in [4.69, 9.17) is 5.11 Å². The van der Waals surface area contributed by atoms with Gasteiger partial charge in [-0.15, -0.1) is 0 Å². The van der Waals surface area contributed by atoms with Gasteiger partial charge in [-0.1, -0.05) is 28.1 Å². The van der Waals surface area contributed by atoms with Gasteiger partial charge in [0.1, 0.15) is 0 Å². The van der Waals surface area contributed by atoms with Crippen molar-refractivity contribution >= 4 is 27.9 Å². The number of urea groups is 1. The Hall–Kier alpha value is -1.56. The minimum Gasteiger partial charge on any atom is -0.481 e. The molecule has 5 nitrogen and oxygen atoms in total. The maximum Gasteiger partial charge on any atom is 0.317 e. The van der Waals surface area contributed by atoms with E-state index in [0.29, 0.717) is 25.4 Å². The number of carbonyl (C=O) groups is 2. The molecule has 1 unspecified atom stereocenters. The largest absolute Gasteiger partial charge is 0.481 e. The summed E-state index contributed by atoms with van der Waals surface area (Å²) in [5.74, 6) is -0.722. The SMILES string of the molecule is O=C(O)C1CCN(C(=O)NC2CC(c3ccc(Br)cc3)C2)C1. The van der Waals surface area contributed by atoms with Crippen molar-refractivity contribution < 1.29 is 14.7 Å². The number of nitrogens with zero attached hydrogens (tertiary/aromatic N) is 1. The lowest BCUT2D eigenvalue weighted by Gasteiger charge is -2.37. The molecule has 1 heterocycles. The van der Waals surface area contributed by atoms with Crippen molar-refractivity contribution in [2.75, 3.05) is 13.1 Å². The molecule has 22 heavy (non-hydrogen) atoms. The molecule has 2 N–H and O–H groups in total. The van der Waals surface area contributed by atoms with Crippen LogP contribution in [-0.2, 0) is 4.79 Å². The summed E-state index contributed by atoms with van der Waals surface area (Å²) in [4.78, 5) is 24.7. The standard InChI is InChI=1S/C16H19BrN2O3/c17-13-3-1-10(2-4-13)12-7-14(8-12)18-16(22)19-6-5-11(9-19)15(20)21/h1-4,11-12,14H,5-9H2,(H,18,22)(H,20,21). The molecule has 0 bridgehead atoms. The average molecular weight is 367 g/mol. The van der Waals surface area contributed by atoms with Gasteiger partial charge < -0.3 is 15.3 Å². The van der Waals surface area contributed by atoms with Crippen LogP contribution in [0.4, 0.5) is 4.79 Å². The Morgan fingerprint density at radius 1 is 1.23 bits per heavy atom. The molecule has 1 aromatic rings. The van der Waals surface area contributed by atoms with Crippen LogP contribution in [0, 0.1) is 5.92 Å². The fraction of sp³-hybridized carbons (Fsp3) is 0.500. The number of benzene rings is 1. The molecule has 0 aromatic heterocycles. The molecule has 2 aliphatic rings. The second-order valence-electron chi connectivity index (χ2n) is 6.14. The Morgan fingerprint density at radius 2 is 1.91 bits per heavy atom. The van der Waals surface area contributed by atoms with Gasteiger partial charge in [0.15, 0.2) is 0 Å². The molecule has 2 amide bonds. The first kappa shape index (κ1) is 15.3. The number of likely N-dealkylation sites (tertiary alicyclic amines) is 1. The smallest absolute Gasteiger partial charge is 0.317 e. The maximum absolute atomic E-state index is 12.1. The van der Waals surface area contributed by atoms with E-state index in [1.54, 1.807) is 4.90 Å². The third kappa shape index (κ3) is 3.27. The van der Waals surface area contributed by atoms with Gasteiger partial charge in [-0.2, -0.15) is 0 Å². The van der Waals surface area contributed by atoms with Gasteiger partial charge in [-0.05, 0) is 42.9 Å². The first-order chi connectivity index (χ1) is 10.5. The third-order valence-corrected chi connectivity index (χ3v) is 5.16. The van der Waals surface area contributed by atoms with Gasteiger partial charge in [-0.25, -0.2) is 4.79 Å². The Balaban J connectivity index is 1.45. The van der Waals surface area contributed by atoms with Crippen LogP contribution in [0.2, 0.25) is 0 Å². The van der Waals surface area contributed by atoms with Crippen LogP contribution < -0.4 is 5.32 Å². The molecule has 1 saturated heterocycles. The summed E-state index contributed by atoms with van der Waals surface area (Å²) in [6.45, 7) is 0.857. The predicted octanol–water partition coefficient (Wildman–Crippen LogP) is 2.81. The summed E-state index contributed by atoms with van der Waals surface area (Å²) in [7, 11) is 0. The Morgan fingerprint density at radius 3 is 2.50 bits per heavy atom. The molecular formula is C16H19BrN2O3. The van der Waals surface area contributed by atoms with Crippen LogP contribution in [0.5, 0.6) is 0 Å². The summed E-state index contributed by atoms with van der Waals surface area (Å²) in [6, 6.07) is 8.39. The summed E-state index contributed by atoms with van der Waals surface area (Å²) in [5, 5.41) is 12.0. The van der Waals surface area contributed by atoms with Crippen molar-refractivity contribution in [3.8, 4) is 0 Å². The molecule has 6 heteroatoms. The van der Waals surface area contributed by atoms with Crippen LogP contribution in [0.15, 0.2) is 28.7 Å². The van der Waals surface area contributed by atoms with Crippen LogP contribution in [0.1, 0.15) is 30.7 Å². The van der Waals surface area contributed by atoms with Crippen LogP contribution in [0.3, 0.4) is 0 Å². The van der Waals surface area contributed by atoms with Crippen molar-refractivity contribution in [2.24, 2.45) is 5.92 Å². The zero-order valence-electron chi connectivity index (χ0n) is 12.2. The number of hydrogen-bond donors (Lipinski definition) is 2. The number of hydrogen-bond acceptors (Lipinski definition) is 2. The molecule has 1 aliphatic heterocycles. The van der Waals surface area contributed by atoms with Crippen molar-refractivity contribution in [1.29, 1.82) is 0 Å². The maximum atomic E-state index is 12.1. The third-order valence-electron chi connectivity index (χ3n) is 4.63. The van der Waals surface area contributed by atoms with Crippen LogP contribution >= 0.6 is 15.9 Å². The molecular weight excluding hydrogens is 348 g/mol. The van der Waals surface area contributed by atoms with Crippen LogP contribution in [-0.4, -0.2) is 41.1 Å². The molecule has 2 fully saturated rings. The predicted molar refractivity (Wildman–Crippen MR) is 85.8 cm³/mol. The van der Waals surface area contributed by atoms with E-state index in [1.165, 1.54) is 5.56 Å². The van der Waals surface area contributed by atoms with E-state index in [1.807, 2.05) is 12.1 Å². The number of carbonyl (C=O) groups excluding carboxylic acids is 1. The molecule has 118 valence electrons. The lowest BCUT2D eigenvalue weighted by atomic mass is 9.76. The highest BCUT2D eigenvalue weighted by molar-refractivity contribution is 9.10. The number of halogens is 1. The van der Waals surface area contributed by atoms with Crippen LogP contribution in [0.25, 0.3) is 0 Å². The second kappa shape index (κ2) is 6.28. The first-order valence-electron chi connectivity index (χ1n) is 7.56. The minimum absolute atomic E-state index is 0.122. The fourth-order valence-corrected chi connectivity index (χ4v) is 3.42. The second-order valence-corrected chi connectivity index (χ2v) is 7.05. The number of carboxylic acids is 1. The van der Waals surface area contributed by atoms with Gasteiger partial charge in [0.05, 0.1) is 5.92 Å². The van der Waals surface area contributed by atoms with E-state index < -0.39 is 11.9 Å². The monoisotopic (exact) mass is 366 g/mol. The Labute approximate surface area is 137 Å². The van der Waals surface area contributed by atoms with E-state index >= 15 is 0 Å². The highest BCUT2D eigenvalue weighted by Crippen LogP contribution is 2.37. The number of carboxylic acid groups (broad SMARTS) is 1. The topological polar surface area (TPSA) is 69.6 Å². The Bertz CT molecular complexity index is 569. The Kier molecular flexibility index (Phi) is 4.38. The molecule has 1 aliphatic carbocycles. The molecule has 1 atom stereocenters. The number of rotatable bonds is 3. The summed E-state index contributed by atoms with van der Waals surface area (Å²) in [6.07, 6.45) is 2.45. The molecule has 1 saturated carbocycles. The van der Waals surface area contributed by atoms with E-state index in [-0.39, 0.29) is 12.1 Å². The molecule has 1 aromatic carbocycles. The highest BCUT2D eigenvalue weighted by Gasteiger charge is 2.35. The van der Waals surface area contributed by atoms with Gasteiger partial charge >= 0.3 is 12.0 Å². The zero-order chi connectivity index (χ0) is 15.7. The van der Waals surface area contributed by atoms with Crippen molar-refractivity contribution in [2.45, 2.75) is 31.2 Å². The minimum atomic E-state index is -0.811. The van der Waals surface area contributed by atoms with E-state index in [0.717, 1.165) is 17.3 Å². The van der Waals surface area contributed by atoms with Gasteiger partial charge in [0, 0.05) is 23.6 Å². The highest BCUT2D eigenvalue weighted by atomic mass is 79.9. The van der Waals surface area contributed by atoms with Crippen molar-refractivity contribution in [1.82, 2.24) is 10.2 Å². The van der Waals surface area contributed by atoms with E-state index in [2.05, 4.69) is 33.4 Å².